The zero-order valence-electron chi connectivity index (χ0n) is 17.0. The molecule has 3 rings (SSSR count). The molecule has 10 heteroatoms. The Labute approximate surface area is 173 Å². The minimum absolute atomic E-state index is 0.127. The summed E-state index contributed by atoms with van der Waals surface area (Å²) in [7, 11) is 0. The summed E-state index contributed by atoms with van der Waals surface area (Å²) in [6.45, 7) is 2.10. The van der Waals surface area contributed by atoms with Gasteiger partial charge in [-0.2, -0.15) is 8.78 Å². The maximum atomic E-state index is 13.8. The van der Waals surface area contributed by atoms with E-state index in [1.807, 2.05) is 9.80 Å². The molecule has 2 aliphatic rings. The first-order valence-electron chi connectivity index (χ1n) is 10.2. The third-order valence-electron chi connectivity index (χ3n) is 5.54. The number of carbonyl (C=O) groups is 2. The number of hydrogen-bond donors (Lipinski definition) is 1. The Morgan fingerprint density at radius 3 is 2.53 bits per heavy atom. The fourth-order valence-electron chi connectivity index (χ4n) is 3.83. The van der Waals surface area contributed by atoms with E-state index in [0.717, 1.165) is 37.9 Å². The molecule has 0 aromatic heterocycles. The Morgan fingerprint density at radius 1 is 1.17 bits per heavy atom. The molecule has 2 aliphatic heterocycles. The van der Waals surface area contributed by atoms with E-state index < -0.39 is 24.2 Å². The summed E-state index contributed by atoms with van der Waals surface area (Å²) in [5.74, 6) is -1.44. The molecule has 30 heavy (non-hydrogen) atoms. The van der Waals surface area contributed by atoms with Gasteiger partial charge in [-0.3, -0.25) is 9.69 Å². The van der Waals surface area contributed by atoms with Crippen LogP contribution in [-0.2, 0) is 4.79 Å². The SMILES string of the molecule is CC1CCCCN1C(=O)CN1CCN(C(=O)Nc2ccc(OC(F)F)c(F)c2)CC1. The van der Waals surface area contributed by atoms with Crippen LogP contribution in [0.25, 0.3) is 0 Å². The van der Waals surface area contributed by atoms with Gasteiger partial charge in [0.25, 0.3) is 0 Å². The Hall–Kier alpha value is -2.49. The molecule has 0 radical (unpaired) electrons. The Morgan fingerprint density at radius 2 is 1.90 bits per heavy atom. The van der Waals surface area contributed by atoms with Gasteiger partial charge in [0, 0.05) is 50.5 Å². The topological polar surface area (TPSA) is 65.1 Å². The molecule has 3 amide bonds. The third-order valence-corrected chi connectivity index (χ3v) is 5.54. The second kappa shape index (κ2) is 10.0. The molecule has 0 saturated carbocycles. The molecule has 1 unspecified atom stereocenters. The van der Waals surface area contributed by atoms with Gasteiger partial charge in [-0.25, -0.2) is 9.18 Å². The van der Waals surface area contributed by atoms with Crippen LogP contribution in [0.3, 0.4) is 0 Å². The summed E-state index contributed by atoms with van der Waals surface area (Å²) in [6.07, 6.45) is 3.24. The van der Waals surface area contributed by atoms with E-state index in [9.17, 15) is 22.8 Å². The van der Waals surface area contributed by atoms with E-state index in [-0.39, 0.29) is 17.6 Å². The first-order valence-corrected chi connectivity index (χ1v) is 10.2. The van der Waals surface area contributed by atoms with Gasteiger partial charge >= 0.3 is 12.6 Å². The summed E-state index contributed by atoms with van der Waals surface area (Å²) in [5.41, 5.74) is 0.149. The monoisotopic (exact) mass is 428 g/mol. The normalized spacial score (nSPS) is 20.4. The van der Waals surface area contributed by atoms with Crippen molar-refractivity contribution >= 4 is 17.6 Å². The molecule has 166 valence electrons. The van der Waals surface area contributed by atoms with Crippen LogP contribution in [-0.4, -0.2) is 78.6 Å². The van der Waals surface area contributed by atoms with Gasteiger partial charge in [0.05, 0.1) is 6.54 Å². The van der Waals surface area contributed by atoms with E-state index in [1.54, 1.807) is 4.90 Å². The van der Waals surface area contributed by atoms with Gasteiger partial charge in [0.15, 0.2) is 11.6 Å². The lowest BCUT2D eigenvalue weighted by molar-refractivity contribution is -0.136. The van der Waals surface area contributed by atoms with Gasteiger partial charge in [0.1, 0.15) is 0 Å². The fraction of sp³-hybridized carbons (Fsp3) is 0.600. The minimum atomic E-state index is -3.12. The first kappa shape index (κ1) is 22.2. The second-order valence-electron chi connectivity index (χ2n) is 7.65. The third kappa shape index (κ3) is 5.78. The quantitative estimate of drug-likeness (QED) is 0.783. The van der Waals surface area contributed by atoms with Crippen LogP contribution in [0.5, 0.6) is 5.75 Å². The lowest BCUT2D eigenvalue weighted by Crippen LogP contribution is -2.53. The molecule has 2 saturated heterocycles. The number of amides is 3. The van der Waals surface area contributed by atoms with Crippen molar-refractivity contribution in [1.29, 1.82) is 0 Å². The van der Waals surface area contributed by atoms with Crippen molar-refractivity contribution in [2.45, 2.75) is 38.8 Å². The second-order valence-corrected chi connectivity index (χ2v) is 7.65. The molecule has 0 aliphatic carbocycles. The van der Waals surface area contributed by atoms with Crippen molar-refractivity contribution in [3.63, 3.8) is 0 Å². The van der Waals surface area contributed by atoms with Crippen LogP contribution in [0.15, 0.2) is 18.2 Å². The highest BCUT2D eigenvalue weighted by Gasteiger charge is 2.27. The molecule has 2 fully saturated rings. The highest BCUT2D eigenvalue weighted by Crippen LogP contribution is 2.23. The molecule has 1 N–H and O–H groups in total. The van der Waals surface area contributed by atoms with E-state index in [2.05, 4.69) is 17.0 Å². The van der Waals surface area contributed by atoms with Crippen molar-refractivity contribution in [2.24, 2.45) is 0 Å². The molecule has 0 spiro atoms. The predicted molar refractivity (Wildman–Crippen MR) is 105 cm³/mol. The number of carbonyl (C=O) groups excluding carboxylic acids is 2. The van der Waals surface area contributed by atoms with Gasteiger partial charge in [0.2, 0.25) is 5.91 Å². The van der Waals surface area contributed by atoms with Crippen LogP contribution < -0.4 is 10.1 Å². The Bertz CT molecular complexity index is 757. The highest BCUT2D eigenvalue weighted by molar-refractivity contribution is 5.89. The summed E-state index contributed by atoms with van der Waals surface area (Å²) >= 11 is 0. The summed E-state index contributed by atoms with van der Waals surface area (Å²) in [6, 6.07) is 3.14. The van der Waals surface area contributed by atoms with E-state index >= 15 is 0 Å². The van der Waals surface area contributed by atoms with Crippen molar-refractivity contribution in [1.82, 2.24) is 14.7 Å². The molecule has 1 aromatic rings. The molecular formula is C20H27F3N4O3. The van der Waals surface area contributed by atoms with E-state index in [4.69, 9.17) is 0 Å². The Kier molecular flexibility index (Phi) is 7.41. The summed E-state index contributed by atoms with van der Waals surface area (Å²) < 4.78 is 42.2. The van der Waals surface area contributed by atoms with Crippen LogP contribution in [0.2, 0.25) is 0 Å². The number of rotatable bonds is 5. The van der Waals surface area contributed by atoms with Gasteiger partial charge in [-0.1, -0.05) is 0 Å². The van der Waals surface area contributed by atoms with E-state index in [0.29, 0.717) is 32.7 Å². The van der Waals surface area contributed by atoms with Gasteiger partial charge in [-0.15, -0.1) is 0 Å². The number of nitrogens with zero attached hydrogens (tertiary/aromatic N) is 3. The van der Waals surface area contributed by atoms with E-state index in [1.165, 1.54) is 6.07 Å². The van der Waals surface area contributed by atoms with Crippen LogP contribution >= 0.6 is 0 Å². The first-order chi connectivity index (χ1) is 14.3. The van der Waals surface area contributed by atoms with Gasteiger partial charge < -0.3 is 19.9 Å². The number of piperidine rings is 1. The lowest BCUT2D eigenvalue weighted by atomic mass is 10.0. The summed E-state index contributed by atoms with van der Waals surface area (Å²) in [5, 5.41) is 2.56. The number of ether oxygens (including phenoxy) is 1. The van der Waals surface area contributed by atoms with Crippen molar-refractivity contribution in [3.05, 3.63) is 24.0 Å². The fourth-order valence-corrected chi connectivity index (χ4v) is 3.83. The average Bonchev–Trinajstić information content (AvgIpc) is 2.70. The number of urea groups is 1. The molecule has 1 aromatic carbocycles. The highest BCUT2D eigenvalue weighted by atomic mass is 19.3. The molecular weight excluding hydrogens is 401 g/mol. The van der Waals surface area contributed by atoms with Crippen LogP contribution in [0.1, 0.15) is 26.2 Å². The van der Waals surface area contributed by atoms with Crippen LogP contribution in [0.4, 0.5) is 23.7 Å². The summed E-state index contributed by atoms with van der Waals surface area (Å²) in [4.78, 5) is 30.5. The molecule has 0 bridgehead atoms. The number of alkyl halides is 2. The van der Waals surface area contributed by atoms with Gasteiger partial charge in [-0.05, 0) is 38.3 Å². The van der Waals surface area contributed by atoms with Crippen molar-refractivity contribution in [3.8, 4) is 5.75 Å². The largest absolute Gasteiger partial charge is 0.432 e. The standard InChI is InChI=1S/C20H27F3N4O3/c1-14-4-2-3-7-27(14)18(28)13-25-8-10-26(11-9-25)20(29)24-15-5-6-17(16(21)12-15)30-19(22)23/h5-6,12,14,19H,2-4,7-11,13H2,1H3,(H,24,29). The number of benzene rings is 1. The number of likely N-dealkylation sites (tertiary alicyclic amines) is 1. The zero-order valence-corrected chi connectivity index (χ0v) is 17.0. The zero-order chi connectivity index (χ0) is 21.7. The Balaban J connectivity index is 1.46. The number of hydrogen-bond acceptors (Lipinski definition) is 4. The smallest absolute Gasteiger partial charge is 0.387 e. The number of anilines is 1. The lowest BCUT2D eigenvalue weighted by Gasteiger charge is -2.38. The number of nitrogens with one attached hydrogen (secondary N) is 1. The molecule has 2 heterocycles. The van der Waals surface area contributed by atoms with Crippen molar-refractivity contribution < 1.29 is 27.5 Å². The predicted octanol–water partition coefficient (Wildman–Crippen LogP) is 2.98. The maximum absolute atomic E-state index is 13.8. The maximum Gasteiger partial charge on any atom is 0.387 e. The number of halogens is 3. The average molecular weight is 428 g/mol. The van der Waals surface area contributed by atoms with Crippen molar-refractivity contribution in [2.75, 3.05) is 44.6 Å². The molecule has 7 nitrogen and oxygen atoms in total. The van der Waals surface area contributed by atoms with Crippen LogP contribution in [0, 0.1) is 5.82 Å². The molecule has 1 atom stereocenters. The number of piperazine rings is 1. The minimum Gasteiger partial charge on any atom is -0.432 e.